The van der Waals surface area contributed by atoms with Gasteiger partial charge in [0, 0.05) is 36.8 Å². The highest BCUT2D eigenvalue weighted by molar-refractivity contribution is 6.42. The summed E-state index contributed by atoms with van der Waals surface area (Å²) in [6.45, 7) is 0. The summed E-state index contributed by atoms with van der Waals surface area (Å²) in [4.78, 5) is 11.6. The molecule has 3 rings (SSSR count). The number of imidazole rings is 1. The molecule has 0 atom stereocenters. The van der Waals surface area contributed by atoms with Crippen LogP contribution in [0, 0.1) is 0 Å². The highest BCUT2D eigenvalue weighted by Gasteiger charge is 2.05. The predicted molar refractivity (Wildman–Crippen MR) is 88.3 cm³/mol. The van der Waals surface area contributed by atoms with Crippen molar-refractivity contribution in [1.29, 1.82) is 0 Å². The Morgan fingerprint density at radius 1 is 1.00 bits per heavy atom. The normalized spacial score (nSPS) is 10.2. The summed E-state index contributed by atoms with van der Waals surface area (Å²) < 4.78 is 0. The molecule has 0 aliphatic heterocycles. The van der Waals surface area contributed by atoms with E-state index in [2.05, 4.69) is 21.0 Å². The van der Waals surface area contributed by atoms with Gasteiger partial charge in [-0.3, -0.25) is 4.98 Å². The molecule has 0 radical (unpaired) electrons. The number of nitrogens with one attached hydrogen (secondary N) is 1. The first kappa shape index (κ1) is 15.8. The molecule has 0 fully saturated rings. The minimum atomic E-state index is 0. The topological polar surface area (TPSA) is 41.6 Å². The van der Waals surface area contributed by atoms with E-state index in [9.17, 15) is 0 Å². The molecule has 0 aliphatic rings. The second-order valence-corrected chi connectivity index (χ2v) is 5.24. The first-order valence-corrected chi connectivity index (χ1v) is 6.85. The van der Waals surface area contributed by atoms with Crippen molar-refractivity contribution in [2.75, 3.05) is 0 Å². The standard InChI is InChI=1S/C15H11Cl2N3.ClH/c16-13-2-1-11(7-14(13)17)12-5-10(8-18-9-12)6-15-19-3-4-20-15;/h1-5,7-9H,6H2,(H,19,20);1H. The van der Waals surface area contributed by atoms with Gasteiger partial charge in [-0.1, -0.05) is 29.3 Å². The number of rotatable bonds is 3. The lowest BCUT2D eigenvalue weighted by Crippen LogP contribution is -1.92. The van der Waals surface area contributed by atoms with Gasteiger partial charge in [0.2, 0.25) is 0 Å². The molecule has 0 amide bonds. The molecule has 0 unspecified atom stereocenters. The summed E-state index contributed by atoms with van der Waals surface area (Å²) in [6.07, 6.45) is 7.92. The van der Waals surface area contributed by atoms with Crippen LogP contribution in [0.4, 0.5) is 0 Å². The number of benzene rings is 1. The van der Waals surface area contributed by atoms with E-state index in [1.807, 2.05) is 30.7 Å². The molecule has 2 heterocycles. The maximum Gasteiger partial charge on any atom is 0.110 e. The molecule has 1 aromatic carbocycles. The number of halogens is 3. The summed E-state index contributed by atoms with van der Waals surface area (Å²) in [6, 6.07) is 7.65. The first-order valence-electron chi connectivity index (χ1n) is 6.10. The summed E-state index contributed by atoms with van der Waals surface area (Å²) in [5.74, 6) is 0.915. The smallest absolute Gasteiger partial charge is 0.110 e. The van der Waals surface area contributed by atoms with Crippen molar-refractivity contribution in [2.24, 2.45) is 0 Å². The van der Waals surface area contributed by atoms with Crippen molar-refractivity contribution in [3.8, 4) is 11.1 Å². The van der Waals surface area contributed by atoms with Gasteiger partial charge in [0.25, 0.3) is 0 Å². The van der Waals surface area contributed by atoms with Gasteiger partial charge in [-0.05, 0) is 29.3 Å². The first-order chi connectivity index (χ1) is 9.72. The van der Waals surface area contributed by atoms with Crippen LogP contribution in [0.2, 0.25) is 10.0 Å². The number of pyridine rings is 1. The van der Waals surface area contributed by atoms with Crippen LogP contribution in [0.15, 0.2) is 49.1 Å². The van der Waals surface area contributed by atoms with Gasteiger partial charge in [0.1, 0.15) is 5.82 Å². The molecule has 0 saturated heterocycles. The molecule has 0 saturated carbocycles. The number of H-pyrrole nitrogens is 1. The molecule has 3 aromatic rings. The fourth-order valence-corrected chi connectivity index (χ4v) is 2.30. The van der Waals surface area contributed by atoms with Crippen LogP contribution in [-0.2, 0) is 6.42 Å². The van der Waals surface area contributed by atoms with Crippen molar-refractivity contribution in [2.45, 2.75) is 6.42 Å². The summed E-state index contributed by atoms with van der Waals surface area (Å²) >= 11 is 12.0. The zero-order valence-corrected chi connectivity index (χ0v) is 13.2. The highest BCUT2D eigenvalue weighted by atomic mass is 35.5. The molecule has 108 valence electrons. The zero-order valence-electron chi connectivity index (χ0n) is 10.9. The molecular weight excluding hydrogens is 329 g/mol. The molecule has 0 spiro atoms. The summed E-state index contributed by atoms with van der Waals surface area (Å²) in [5.41, 5.74) is 3.09. The van der Waals surface area contributed by atoms with Gasteiger partial charge in [0.05, 0.1) is 10.0 Å². The van der Waals surface area contributed by atoms with E-state index in [0.29, 0.717) is 10.0 Å². The Kier molecular flexibility index (Phi) is 5.23. The average molecular weight is 341 g/mol. The number of hydrogen-bond acceptors (Lipinski definition) is 2. The van der Waals surface area contributed by atoms with Crippen LogP contribution in [-0.4, -0.2) is 15.0 Å². The van der Waals surface area contributed by atoms with Crippen LogP contribution < -0.4 is 0 Å². The number of aromatic nitrogens is 3. The van der Waals surface area contributed by atoms with Crippen molar-refractivity contribution < 1.29 is 0 Å². The maximum absolute atomic E-state index is 6.05. The van der Waals surface area contributed by atoms with Crippen molar-refractivity contribution in [1.82, 2.24) is 15.0 Å². The number of hydrogen-bond donors (Lipinski definition) is 1. The fraction of sp³-hybridized carbons (Fsp3) is 0.0667. The van der Waals surface area contributed by atoms with E-state index in [1.165, 1.54) is 0 Å². The molecule has 21 heavy (non-hydrogen) atoms. The van der Waals surface area contributed by atoms with Crippen LogP contribution in [0.3, 0.4) is 0 Å². The largest absolute Gasteiger partial charge is 0.348 e. The lowest BCUT2D eigenvalue weighted by Gasteiger charge is -2.05. The van der Waals surface area contributed by atoms with Crippen molar-refractivity contribution in [3.63, 3.8) is 0 Å². The maximum atomic E-state index is 6.05. The highest BCUT2D eigenvalue weighted by Crippen LogP contribution is 2.28. The Labute approximate surface area is 138 Å². The Morgan fingerprint density at radius 2 is 1.86 bits per heavy atom. The third-order valence-corrected chi connectivity index (χ3v) is 3.71. The Balaban J connectivity index is 0.00000161. The monoisotopic (exact) mass is 339 g/mol. The van der Waals surface area contributed by atoms with E-state index in [1.54, 1.807) is 12.3 Å². The summed E-state index contributed by atoms with van der Waals surface area (Å²) in [5, 5.41) is 1.09. The quantitative estimate of drug-likeness (QED) is 0.744. The zero-order chi connectivity index (χ0) is 13.9. The van der Waals surface area contributed by atoms with E-state index < -0.39 is 0 Å². The SMILES string of the molecule is Cl.Clc1ccc(-c2cncc(Cc3ncc[nH]3)c2)cc1Cl. The van der Waals surface area contributed by atoms with Crippen LogP contribution in [0.5, 0.6) is 0 Å². The average Bonchev–Trinajstić information content (AvgIpc) is 2.95. The lowest BCUT2D eigenvalue weighted by molar-refractivity contribution is 1.01. The van der Waals surface area contributed by atoms with Crippen LogP contribution >= 0.6 is 35.6 Å². The van der Waals surface area contributed by atoms with Crippen LogP contribution in [0.1, 0.15) is 11.4 Å². The minimum Gasteiger partial charge on any atom is -0.348 e. The Hall–Kier alpha value is -1.55. The van der Waals surface area contributed by atoms with E-state index in [4.69, 9.17) is 23.2 Å². The summed E-state index contributed by atoms with van der Waals surface area (Å²) in [7, 11) is 0. The molecule has 1 N–H and O–H groups in total. The second kappa shape index (κ2) is 6.94. The van der Waals surface area contributed by atoms with E-state index in [0.717, 1.165) is 28.9 Å². The molecule has 3 nitrogen and oxygen atoms in total. The van der Waals surface area contributed by atoms with Gasteiger partial charge < -0.3 is 4.98 Å². The Bertz CT molecular complexity index is 727. The van der Waals surface area contributed by atoms with Crippen molar-refractivity contribution in [3.05, 3.63) is 70.5 Å². The van der Waals surface area contributed by atoms with Gasteiger partial charge >= 0.3 is 0 Å². The number of aromatic amines is 1. The molecule has 6 heteroatoms. The van der Waals surface area contributed by atoms with E-state index in [-0.39, 0.29) is 12.4 Å². The fourth-order valence-electron chi connectivity index (χ4n) is 2.01. The molecular formula is C15H12Cl3N3. The minimum absolute atomic E-state index is 0. The predicted octanol–water partition coefficient (Wildman–Crippen LogP) is 4.79. The van der Waals surface area contributed by atoms with Crippen LogP contribution in [0.25, 0.3) is 11.1 Å². The molecule has 0 aliphatic carbocycles. The van der Waals surface area contributed by atoms with E-state index >= 15 is 0 Å². The van der Waals surface area contributed by atoms with Gasteiger partial charge in [-0.25, -0.2) is 4.98 Å². The third-order valence-electron chi connectivity index (χ3n) is 2.97. The Morgan fingerprint density at radius 3 is 2.57 bits per heavy atom. The molecule has 0 bridgehead atoms. The second-order valence-electron chi connectivity index (χ2n) is 4.42. The number of nitrogens with zero attached hydrogens (tertiary/aromatic N) is 2. The van der Waals surface area contributed by atoms with Gasteiger partial charge in [0.15, 0.2) is 0 Å². The molecule has 2 aromatic heterocycles. The third kappa shape index (κ3) is 3.76. The van der Waals surface area contributed by atoms with Gasteiger partial charge in [-0.15, -0.1) is 12.4 Å². The van der Waals surface area contributed by atoms with Gasteiger partial charge in [-0.2, -0.15) is 0 Å². The van der Waals surface area contributed by atoms with Crippen molar-refractivity contribution >= 4 is 35.6 Å². The lowest BCUT2D eigenvalue weighted by atomic mass is 10.0.